The Balaban J connectivity index is 1.32. The molecule has 168 valence electrons. The molecule has 0 aliphatic carbocycles. The second-order valence-corrected chi connectivity index (χ2v) is 8.99. The molecule has 3 aliphatic heterocycles. The van der Waals surface area contributed by atoms with Crippen molar-refractivity contribution in [3.05, 3.63) is 47.3 Å². The predicted molar refractivity (Wildman–Crippen MR) is 120 cm³/mol. The zero-order valence-corrected chi connectivity index (χ0v) is 18.1. The molecule has 1 unspecified atom stereocenters. The Labute approximate surface area is 190 Å². The number of piperidine rings is 1. The number of aromatic nitrogens is 3. The Hall–Kier alpha value is -3.59. The zero-order chi connectivity index (χ0) is 22.5. The van der Waals surface area contributed by atoms with Crippen LogP contribution >= 0.6 is 0 Å². The number of H-pyrrole nitrogens is 1. The summed E-state index contributed by atoms with van der Waals surface area (Å²) in [6.45, 7) is 3.29. The molecule has 3 amide bonds. The van der Waals surface area contributed by atoms with Gasteiger partial charge in [-0.1, -0.05) is 6.07 Å². The van der Waals surface area contributed by atoms with Crippen LogP contribution in [0.5, 0.6) is 0 Å². The number of imide groups is 1. The van der Waals surface area contributed by atoms with Crippen LogP contribution in [0.2, 0.25) is 0 Å². The number of fused-ring (bicyclic) bond motifs is 2. The number of carbonyl (C=O) groups excluding carboxylic acids is 3. The van der Waals surface area contributed by atoms with Crippen LogP contribution in [0.25, 0.3) is 22.4 Å². The fraction of sp³-hybridized carbons (Fsp3) is 0.375. The van der Waals surface area contributed by atoms with Crippen LogP contribution in [-0.2, 0) is 22.7 Å². The van der Waals surface area contributed by atoms with Crippen molar-refractivity contribution >= 4 is 28.8 Å². The van der Waals surface area contributed by atoms with E-state index in [2.05, 4.69) is 15.2 Å². The molecule has 5 heterocycles. The van der Waals surface area contributed by atoms with Crippen LogP contribution in [-0.4, -0.2) is 61.6 Å². The third-order valence-corrected chi connectivity index (χ3v) is 6.85. The summed E-state index contributed by atoms with van der Waals surface area (Å²) in [5.41, 5.74) is 4.07. The van der Waals surface area contributed by atoms with Crippen LogP contribution in [0.15, 0.2) is 30.5 Å². The topological polar surface area (TPSA) is 111 Å². The number of hydrogen-bond donors (Lipinski definition) is 2. The number of nitrogens with zero attached hydrogens (tertiary/aromatic N) is 4. The van der Waals surface area contributed by atoms with Crippen molar-refractivity contribution in [2.75, 3.05) is 13.1 Å². The molecule has 0 radical (unpaired) electrons. The highest BCUT2D eigenvalue weighted by Crippen LogP contribution is 2.31. The molecule has 3 aliphatic rings. The smallest absolute Gasteiger partial charge is 0.255 e. The molecule has 1 atom stereocenters. The minimum Gasteiger partial charge on any atom is -0.346 e. The molecule has 9 nitrogen and oxygen atoms in total. The molecule has 1 aromatic carbocycles. The summed E-state index contributed by atoms with van der Waals surface area (Å²) in [6, 6.07) is 7.01. The van der Waals surface area contributed by atoms with Crippen molar-refractivity contribution in [3.63, 3.8) is 0 Å². The predicted octanol–water partition coefficient (Wildman–Crippen LogP) is 1.98. The standard InChI is InChI=1S/C24H24N6O3/c31-20-6-5-19(23(32)27-20)30-12-15-11-14(3-4-16(15)24(30)33)21-26-18(13-29-9-1-2-10-29)17-7-8-25-22(17)28-21/h3-4,7-8,11,19H,1-2,5-6,9-10,12-13H2,(H,25,26,28)(H,27,31,32). The van der Waals surface area contributed by atoms with Gasteiger partial charge < -0.3 is 9.88 Å². The Morgan fingerprint density at radius 2 is 1.91 bits per heavy atom. The van der Waals surface area contributed by atoms with Gasteiger partial charge in [0.2, 0.25) is 11.8 Å². The molecule has 0 bridgehead atoms. The minimum atomic E-state index is -0.621. The minimum absolute atomic E-state index is 0.179. The number of hydrogen-bond acceptors (Lipinski definition) is 6. The van der Waals surface area contributed by atoms with Gasteiger partial charge in [0.25, 0.3) is 5.91 Å². The maximum absolute atomic E-state index is 13.0. The molecule has 2 N–H and O–H groups in total. The third kappa shape index (κ3) is 3.48. The number of benzene rings is 1. The van der Waals surface area contributed by atoms with Gasteiger partial charge in [-0.25, -0.2) is 9.97 Å². The van der Waals surface area contributed by atoms with Crippen LogP contribution in [0.1, 0.15) is 47.3 Å². The van der Waals surface area contributed by atoms with Gasteiger partial charge in [-0.15, -0.1) is 0 Å². The summed E-state index contributed by atoms with van der Waals surface area (Å²) in [4.78, 5) is 53.6. The number of carbonyl (C=O) groups is 3. The van der Waals surface area contributed by atoms with Gasteiger partial charge in [0.15, 0.2) is 5.82 Å². The van der Waals surface area contributed by atoms with E-state index in [4.69, 9.17) is 9.97 Å². The second-order valence-electron chi connectivity index (χ2n) is 8.99. The Morgan fingerprint density at radius 1 is 1.06 bits per heavy atom. The monoisotopic (exact) mass is 444 g/mol. The Morgan fingerprint density at radius 3 is 2.73 bits per heavy atom. The van der Waals surface area contributed by atoms with Crippen molar-refractivity contribution < 1.29 is 14.4 Å². The lowest BCUT2D eigenvalue weighted by atomic mass is 10.0. The van der Waals surface area contributed by atoms with Gasteiger partial charge in [-0.3, -0.25) is 24.6 Å². The first kappa shape index (κ1) is 20.0. The lowest BCUT2D eigenvalue weighted by Gasteiger charge is -2.29. The lowest BCUT2D eigenvalue weighted by molar-refractivity contribution is -0.136. The van der Waals surface area contributed by atoms with E-state index in [0.717, 1.165) is 47.5 Å². The quantitative estimate of drug-likeness (QED) is 0.596. The highest BCUT2D eigenvalue weighted by molar-refractivity contribution is 6.05. The fourth-order valence-corrected chi connectivity index (χ4v) is 5.12. The van der Waals surface area contributed by atoms with Crippen molar-refractivity contribution in [2.24, 2.45) is 0 Å². The van der Waals surface area contributed by atoms with Crippen molar-refractivity contribution in [1.82, 2.24) is 30.1 Å². The average molecular weight is 444 g/mol. The second kappa shape index (κ2) is 7.77. The molecule has 33 heavy (non-hydrogen) atoms. The van der Waals surface area contributed by atoms with Crippen LogP contribution < -0.4 is 5.32 Å². The zero-order valence-electron chi connectivity index (χ0n) is 18.1. The first-order valence-electron chi connectivity index (χ1n) is 11.4. The highest BCUT2D eigenvalue weighted by atomic mass is 16.2. The van der Waals surface area contributed by atoms with Gasteiger partial charge in [0.1, 0.15) is 11.7 Å². The van der Waals surface area contributed by atoms with Crippen molar-refractivity contribution in [1.29, 1.82) is 0 Å². The molecule has 9 heteroatoms. The maximum Gasteiger partial charge on any atom is 0.255 e. The molecule has 2 fully saturated rings. The van der Waals surface area contributed by atoms with E-state index in [0.29, 0.717) is 24.4 Å². The molecule has 3 aromatic rings. The molecule has 0 saturated carbocycles. The van der Waals surface area contributed by atoms with Crippen LogP contribution in [0.3, 0.4) is 0 Å². The summed E-state index contributed by atoms with van der Waals surface area (Å²) < 4.78 is 0. The van der Waals surface area contributed by atoms with E-state index in [1.54, 1.807) is 11.0 Å². The number of aromatic amines is 1. The third-order valence-electron chi connectivity index (χ3n) is 6.85. The molecule has 0 spiro atoms. The maximum atomic E-state index is 13.0. The normalized spacial score (nSPS) is 21.2. The molecular weight excluding hydrogens is 420 g/mol. The van der Waals surface area contributed by atoms with Crippen LogP contribution in [0, 0.1) is 0 Å². The largest absolute Gasteiger partial charge is 0.346 e. The first-order valence-corrected chi connectivity index (χ1v) is 11.4. The summed E-state index contributed by atoms with van der Waals surface area (Å²) in [5.74, 6) is -0.251. The number of rotatable bonds is 4. The van der Waals surface area contributed by atoms with E-state index in [9.17, 15) is 14.4 Å². The summed E-state index contributed by atoms with van der Waals surface area (Å²) >= 11 is 0. The lowest BCUT2D eigenvalue weighted by Crippen LogP contribution is -2.52. The molecule has 2 saturated heterocycles. The van der Waals surface area contributed by atoms with Crippen molar-refractivity contribution in [3.8, 4) is 11.4 Å². The Kier molecular flexibility index (Phi) is 4.72. The first-order chi connectivity index (χ1) is 16.1. The summed E-state index contributed by atoms with van der Waals surface area (Å²) in [6.07, 6.45) is 4.92. The van der Waals surface area contributed by atoms with E-state index >= 15 is 0 Å². The molecule has 2 aromatic heterocycles. The van der Waals surface area contributed by atoms with Crippen molar-refractivity contribution in [2.45, 2.75) is 44.8 Å². The highest BCUT2D eigenvalue weighted by Gasteiger charge is 2.39. The van der Waals surface area contributed by atoms with E-state index < -0.39 is 11.9 Å². The number of amides is 3. The Bertz CT molecular complexity index is 1290. The molecular formula is C24H24N6O3. The van der Waals surface area contributed by atoms with E-state index in [1.807, 2.05) is 24.4 Å². The van der Waals surface area contributed by atoms with Gasteiger partial charge in [-0.05, 0) is 56.1 Å². The van der Waals surface area contributed by atoms with E-state index in [1.165, 1.54) is 12.8 Å². The van der Waals surface area contributed by atoms with Gasteiger partial charge in [-0.2, -0.15) is 0 Å². The molecule has 6 rings (SSSR count). The van der Waals surface area contributed by atoms with E-state index in [-0.39, 0.29) is 18.2 Å². The van der Waals surface area contributed by atoms with Gasteiger partial charge >= 0.3 is 0 Å². The van der Waals surface area contributed by atoms with Crippen LogP contribution in [0.4, 0.5) is 0 Å². The fourth-order valence-electron chi connectivity index (χ4n) is 5.12. The summed E-state index contributed by atoms with van der Waals surface area (Å²) in [7, 11) is 0. The number of likely N-dealkylation sites (tertiary alicyclic amines) is 1. The van der Waals surface area contributed by atoms with Gasteiger partial charge in [0.05, 0.1) is 5.69 Å². The number of nitrogens with one attached hydrogen (secondary N) is 2. The average Bonchev–Trinajstić information content (AvgIpc) is 3.54. The summed E-state index contributed by atoms with van der Waals surface area (Å²) in [5, 5.41) is 3.38. The van der Waals surface area contributed by atoms with Gasteiger partial charge in [0, 0.05) is 42.2 Å². The SMILES string of the molecule is O=C1CCC(N2Cc3cc(-c4nc(CN5CCCC5)c5cc[nH]c5n4)ccc3C2=O)C(=O)N1.